The standard InChI is InChI=1S/C4H8O2.CH3/c1-3-6-4(2)5;/h3H2,1-2H3;1H3. The summed E-state index contributed by atoms with van der Waals surface area (Å²) in [6, 6.07) is 0. The molecule has 1 radical (unpaired) electrons. The second-order valence-corrected chi connectivity index (χ2v) is 0.925. The molecule has 0 amide bonds. The van der Waals surface area contributed by atoms with Gasteiger partial charge in [-0.2, -0.15) is 0 Å². The second-order valence-electron chi connectivity index (χ2n) is 0.925. The summed E-state index contributed by atoms with van der Waals surface area (Å²) in [4.78, 5) is 9.82. The molecule has 2 heteroatoms. The lowest BCUT2D eigenvalue weighted by Gasteiger charge is -1.89. The first-order valence-corrected chi connectivity index (χ1v) is 1.90. The van der Waals surface area contributed by atoms with Gasteiger partial charge in [0.15, 0.2) is 0 Å². The van der Waals surface area contributed by atoms with Gasteiger partial charge in [-0.05, 0) is 6.92 Å². The van der Waals surface area contributed by atoms with E-state index >= 15 is 0 Å². The average molecular weight is 103 g/mol. The van der Waals surface area contributed by atoms with Crippen LogP contribution in [0.5, 0.6) is 0 Å². The topological polar surface area (TPSA) is 26.3 Å². The van der Waals surface area contributed by atoms with Crippen LogP contribution in [0.25, 0.3) is 0 Å². The molecule has 0 aliphatic heterocycles. The SMILES string of the molecule is CCOC(C)=O.[CH3]. The van der Waals surface area contributed by atoms with E-state index < -0.39 is 0 Å². The van der Waals surface area contributed by atoms with Crippen LogP contribution in [0.3, 0.4) is 0 Å². The zero-order chi connectivity index (χ0) is 4.99. The van der Waals surface area contributed by atoms with Crippen molar-refractivity contribution in [1.82, 2.24) is 0 Å². The summed E-state index contributed by atoms with van der Waals surface area (Å²) < 4.78 is 4.40. The summed E-state index contributed by atoms with van der Waals surface area (Å²) in [6.45, 7) is 3.65. The lowest BCUT2D eigenvalue weighted by atomic mass is 10.8. The van der Waals surface area contributed by atoms with Crippen LogP contribution in [0.2, 0.25) is 0 Å². The highest BCUT2D eigenvalue weighted by Crippen LogP contribution is 1.69. The molecular weight excluding hydrogens is 92.1 g/mol. The minimum atomic E-state index is -0.211. The van der Waals surface area contributed by atoms with Crippen LogP contribution in [-0.4, -0.2) is 12.6 Å². The van der Waals surface area contributed by atoms with E-state index in [2.05, 4.69) is 4.74 Å². The Morgan fingerprint density at radius 3 is 2.14 bits per heavy atom. The van der Waals surface area contributed by atoms with Gasteiger partial charge in [0.1, 0.15) is 0 Å². The normalized spacial score (nSPS) is 6.57. The van der Waals surface area contributed by atoms with Crippen LogP contribution in [0.15, 0.2) is 0 Å². The predicted molar refractivity (Wildman–Crippen MR) is 28.7 cm³/mol. The number of esters is 1. The second kappa shape index (κ2) is 5.47. The molecule has 0 fully saturated rings. The van der Waals surface area contributed by atoms with Crippen molar-refractivity contribution in [3.63, 3.8) is 0 Å². The summed E-state index contributed by atoms with van der Waals surface area (Å²) >= 11 is 0. The molecule has 0 aliphatic rings. The van der Waals surface area contributed by atoms with Gasteiger partial charge in [-0.15, -0.1) is 0 Å². The minimum Gasteiger partial charge on any atom is -0.466 e. The largest absolute Gasteiger partial charge is 0.466 e. The number of carbonyl (C=O) groups is 1. The van der Waals surface area contributed by atoms with E-state index in [9.17, 15) is 4.79 Å². The van der Waals surface area contributed by atoms with Crippen molar-refractivity contribution in [1.29, 1.82) is 0 Å². The van der Waals surface area contributed by atoms with Gasteiger partial charge in [-0.25, -0.2) is 0 Å². The highest BCUT2D eigenvalue weighted by molar-refractivity contribution is 5.65. The van der Waals surface area contributed by atoms with E-state index in [-0.39, 0.29) is 13.4 Å². The van der Waals surface area contributed by atoms with Crippen molar-refractivity contribution in [3.05, 3.63) is 7.43 Å². The van der Waals surface area contributed by atoms with E-state index in [1.807, 2.05) is 0 Å². The third kappa shape index (κ3) is 10.8. The maximum atomic E-state index is 9.82. The van der Waals surface area contributed by atoms with Crippen LogP contribution in [0.4, 0.5) is 0 Å². The Labute approximate surface area is 44.5 Å². The maximum absolute atomic E-state index is 9.82. The van der Waals surface area contributed by atoms with Crippen molar-refractivity contribution in [2.24, 2.45) is 0 Å². The van der Waals surface area contributed by atoms with Gasteiger partial charge in [-0.3, -0.25) is 4.79 Å². The molecule has 43 valence electrons. The smallest absolute Gasteiger partial charge is 0.302 e. The number of rotatable bonds is 1. The molecule has 0 heterocycles. The first-order chi connectivity index (χ1) is 2.77. The Morgan fingerprint density at radius 2 is 2.14 bits per heavy atom. The molecule has 7 heavy (non-hydrogen) atoms. The summed E-state index contributed by atoms with van der Waals surface area (Å²) in [5.41, 5.74) is 0. The van der Waals surface area contributed by atoms with Crippen LogP contribution < -0.4 is 0 Å². The third-order valence-electron chi connectivity index (χ3n) is 0.348. The zero-order valence-electron chi connectivity index (χ0n) is 5.02. The zero-order valence-corrected chi connectivity index (χ0v) is 5.02. The molecule has 0 saturated carbocycles. The fourth-order valence-electron chi connectivity index (χ4n) is 0.203. The van der Waals surface area contributed by atoms with Crippen molar-refractivity contribution in [3.8, 4) is 0 Å². The molecule has 0 aliphatic carbocycles. The lowest BCUT2D eigenvalue weighted by molar-refractivity contribution is -0.140. The Morgan fingerprint density at radius 1 is 1.71 bits per heavy atom. The molecule has 0 spiro atoms. The molecule has 0 rings (SSSR count). The van der Waals surface area contributed by atoms with Crippen molar-refractivity contribution in [2.75, 3.05) is 6.61 Å². The Kier molecular flexibility index (Phi) is 7.57. The summed E-state index contributed by atoms with van der Waals surface area (Å²) in [5, 5.41) is 0. The van der Waals surface area contributed by atoms with E-state index in [0.717, 1.165) is 0 Å². The number of ether oxygens (including phenoxy) is 1. The van der Waals surface area contributed by atoms with Gasteiger partial charge >= 0.3 is 5.97 Å². The molecule has 0 aromatic heterocycles. The molecule has 0 N–H and O–H groups in total. The molecule has 2 nitrogen and oxygen atoms in total. The van der Waals surface area contributed by atoms with Crippen molar-refractivity contribution in [2.45, 2.75) is 13.8 Å². The Balaban J connectivity index is 0. The van der Waals surface area contributed by atoms with Crippen LogP contribution in [-0.2, 0) is 9.53 Å². The van der Waals surface area contributed by atoms with E-state index in [0.29, 0.717) is 6.61 Å². The fraction of sp³-hybridized carbons (Fsp3) is 0.600. The molecule has 0 aromatic rings. The van der Waals surface area contributed by atoms with E-state index in [4.69, 9.17) is 0 Å². The quantitative estimate of drug-likeness (QED) is 0.463. The highest BCUT2D eigenvalue weighted by Gasteiger charge is 1.81. The Hall–Kier alpha value is -0.530. The predicted octanol–water partition coefficient (Wildman–Crippen LogP) is 1.02. The minimum absolute atomic E-state index is 0. The van der Waals surface area contributed by atoms with Gasteiger partial charge in [-0.1, -0.05) is 7.43 Å². The van der Waals surface area contributed by atoms with Gasteiger partial charge in [0.2, 0.25) is 0 Å². The molecule has 0 atom stereocenters. The van der Waals surface area contributed by atoms with Gasteiger partial charge in [0, 0.05) is 6.92 Å². The highest BCUT2D eigenvalue weighted by atomic mass is 16.5. The Bertz CT molecular complexity index is 50.0. The van der Waals surface area contributed by atoms with Gasteiger partial charge in [0.25, 0.3) is 0 Å². The van der Waals surface area contributed by atoms with Gasteiger partial charge in [0.05, 0.1) is 6.61 Å². The molecular formula is C5H11O2. The average Bonchev–Trinajstić information content (AvgIpc) is 1.35. The van der Waals surface area contributed by atoms with Crippen LogP contribution in [0.1, 0.15) is 13.8 Å². The summed E-state index contributed by atoms with van der Waals surface area (Å²) in [5.74, 6) is -0.211. The molecule has 0 bridgehead atoms. The molecule has 0 saturated heterocycles. The van der Waals surface area contributed by atoms with E-state index in [1.165, 1.54) is 6.92 Å². The maximum Gasteiger partial charge on any atom is 0.302 e. The third-order valence-corrected chi connectivity index (χ3v) is 0.348. The van der Waals surface area contributed by atoms with Gasteiger partial charge < -0.3 is 4.74 Å². The first-order valence-electron chi connectivity index (χ1n) is 1.90. The molecule has 0 aromatic carbocycles. The molecule has 0 unspecified atom stereocenters. The summed E-state index contributed by atoms with van der Waals surface area (Å²) in [6.07, 6.45) is 0. The summed E-state index contributed by atoms with van der Waals surface area (Å²) in [7, 11) is 0. The number of carbonyl (C=O) groups excluding carboxylic acids is 1. The van der Waals surface area contributed by atoms with Crippen LogP contribution in [0, 0.1) is 7.43 Å². The first kappa shape index (κ1) is 9.69. The number of hydrogen-bond acceptors (Lipinski definition) is 2. The number of hydrogen-bond donors (Lipinski definition) is 0. The van der Waals surface area contributed by atoms with Crippen molar-refractivity contribution >= 4 is 5.97 Å². The monoisotopic (exact) mass is 103 g/mol. The van der Waals surface area contributed by atoms with Crippen molar-refractivity contribution < 1.29 is 9.53 Å². The fourth-order valence-corrected chi connectivity index (χ4v) is 0.203. The lowest BCUT2D eigenvalue weighted by Crippen LogP contribution is -1.95. The van der Waals surface area contributed by atoms with Crippen LogP contribution >= 0.6 is 0 Å². The van der Waals surface area contributed by atoms with E-state index in [1.54, 1.807) is 6.92 Å².